The Bertz CT molecular complexity index is 215. The zero-order valence-corrected chi connectivity index (χ0v) is 11.0. The van der Waals surface area contributed by atoms with E-state index in [1.54, 1.807) is 0 Å². The summed E-state index contributed by atoms with van der Waals surface area (Å²) in [6.07, 6.45) is 9.82. The van der Waals surface area contributed by atoms with E-state index >= 15 is 0 Å². The van der Waals surface area contributed by atoms with Crippen LogP contribution in [-0.2, 0) is 0 Å². The molecule has 0 spiro atoms. The Balaban J connectivity index is 1.97. The first-order valence-electron chi connectivity index (χ1n) is 7.16. The molecule has 2 fully saturated rings. The quantitative estimate of drug-likeness (QED) is 0.798. The largest absolute Gasteiger partial charge is 0.330 e. The molecule has 94 valence electrons. The highest BCUT2D eigenvalue weighted by atomic mass is 15.2. The fourth-order valence-electron chi connectivity index (χ4n) is 3.98. The second-order valence-corrected chi connectivity index (χ2v) is 5.99. The molecule has 0 bridgehead atoms. The Hall–Kier alpha value is -0.0800. The van der Waals surface area contributed by atoms with Crippen molar-refractivity contribution >= 4 is 0 Å². The lowest BCUT2D eigenvalue weighted by atomic mass is 9.84. The molecule has 2 nitrogen and oxygen atoms in total. The summed E-state index contributed by atoms with van der Waals surface area (Å²) in [4.78, 5) is 2.69. The minimum absolute atomic E-state index is 0.763. The molecule has 2 saturated carbocycles. The molecular formula is C14H28N2. The van der Waals surface area contributed by atoms with Crippen LogP contribution in [0.25, 0.3) is 0 Å². The SMILES string of the molecule is CC1CCCCC1N(C)C1CCCC1CN. The van der Waals surface area contributed by atoms with Gasteiger partial charge in [-0.3, -0.25) is 4.90 Å². The average molecular weight is 224 g/mol. The first-order valence-corrected chi connectivity index (χ1v) is 7.16. The van der Waals surface area contributed by atoms with E-state index in [-0.39, 0.29) is 0 Å². The Labute approximate surface area is 101 Å². The number of nitrogens with two attached hydrogens (primary N) is 1. The van der Waals surface area contributed by atoms with Crippen molar-refractivity contribution in [3.8, 4) is 0 Å². The highest BCUT2D eigenvalue weighted by molar-refractivity contribution is 4.90. The van der Waals surface area contributed by atoms with Crippen LogP contribution in [0.2, 0.25) is 0 Å². The average Bonchev–Trinajstić information content (AvgIpc) is 2.77. The summed E-state index contributed by atoms with van der Waals surface area (Å²) in [5, 5.41) is 0. The molecule has 0 aromatic carbocycles. The second-order valence-electron chi connectivity index (χ2n) is 5.99. The van der Waals surface area contributed by atoms with Crippen LogP contribution in [-0.4, -0.2) is 30.6 Å². The molecule has 4 unspecified atom stereocenters. The monoisotopic (exact) mass is 224 g/mol. The first-order chi connectivity index (χ1) is 7.74. The summed E-state index contributed by atoms with van der Waals surface area (Å²) < 4.78 is 0. The summed E-state index contributed by atoms with van der Waals surface area (Å²) in [6.45, 7) is 3.32. The van der Waals surface area contributed by atoms with E-state index in [2.05, 4.69) is 18.9 Å². The fourth-order valence-corrected chi connectivity index (χ4v) is 3.98. The normalized spacial score (nSPS) is 40.5. The van der Waals surface area contributed by atoms with E-state index in [4.69, 9.17) is 5.73 Å². The molecule has 2 rings (SSSR count). The Kier molecular flexibility index (Phi) is 4.26. The zero-order chi connectivity index (χ0) is 11.5. The van der Waals surface area contributed by atoms with Gasteiger partial charge in [0.1, 0.15) is 0 Å². The highest BCUT2D eigenvalue weighted by Crippen LogP contribution is 2.35. The van der Waals surface area contributed by atoms with E-state index in [1.807, 2.05) is 0 Å². The molecule has 0 saturated heterocycles. The zero-order valence-electron chi connectivity index (χ0n) is 11.0. The van der Waals surface area contributed by atoms with Gasteiger partial charge in [0.2, 0.25) is 0 Å². The molecule has 0 aromatic rings. The van der Waals surface area contributed by atoms with E-state index in [0.717, 1.165) is 30.5 Å². The molecule has 16 heavy (non-hydrogen) atoms. The van der Waals surface area contributed by atoms with Crippen molar-refractivity contribution in [1.29, 1.82) is 0 Å². The smallest absolute Gasteiger partial charge is 0.0136 e. The van der Waals surface area contributed by atoms with Crippen molar-refractivity contribution in [2.75, 3.05) is 13.6 Å². The predicted molar refractivity (Wildman–Crippen MR) is 69.4 cm³/mol. The molecule has 4 atom stereocenters. The van der Waals surface area contributed by atoms with Crippen LogP contribution in [0, 0.1) is 11.8 Å². The summed E-state index contributed by atoms with van der Waals surface area (Å²) >= 11 is 0. The van der Waals surface area contributed by atoms with Crippen LogP contribution in [0.1, 0.15) is 51.9 Å². The molecule has 0 aliphatic heterocycles. The van der Waals surface area contributed by atoms with Crippen molar-refractivity contribution in [1.82, 2.24) is 4.90 Å². The maximum Gasteiger partial charge on any atom is 0.0136 e. The maximum absolute atomic E-state index is 5.90. The lowest BCUT2D eigenvalue weighted by molar-refractivity contribution is 0.0794. The van der Waals surface area contributed by atoms with Crippen molar-refractivity contribution in [3.05, 3.63) is 0 Å². The summed E-state index contributed by atoms with van der Waals surface area (Å²) in [5.41, 5.74) is 5.90. The molecule has 0 amide bonds. The summed E-state index contributed by atoms with van der Waals surface area (Å²) in [5.74, 6) is 1.65. The molecule has 0 radical (unpaired) electrons. The van der Waals surface area contributed by atoms with Gasteiger partial charge in [-0.2, -0.15) is 0 Å². The highest BCUT2D eigenvalue weighted by Gasteiger charge is 2.35. The van der Waals surface area contributed by atoms with E-state index in [9.17, 15) is 0 Å². The second kappa shape index (κ2) is 5.50. The van der Waals surface area contributed by atoms with Crippen LogP contribution in [0.5, 0.6) is 0 Å². The standard InChI is InChI=1S/C14H28N2/c1-11-6-3-4-8-13(11)16(2)14-9-5-7-12(14)10-15/h11-14H,3-10,15H2,1-2H3. The van der Waals surface area contributed by atoms with Crippen molar-refractivity contribution in [2.45, 2.75) is 64.0 Å². The van der Waals surface area contributed by atoms with Crippen molar-refractivity contribution in [2.24, 2.45) is 17.6 Å². The van der Waals surface area contributed by atoms with Crippen LogP contribution in [0.3, 0.4) is 0 Å². The number of hydrogen-bond acceptors (Lipinski definition) is 2. The van der Waals surface area contributed by atoms with Crippen LogP contribution >= 0.6 is 0 Å². The van der Waals surface area contributed by atoms with Crippen molar-refractivity contribution in [3.63, 3.8) is 0 Å². The number of hydrogen-bond donors (Lipinski definition) is 1. The molecule has 2 aliphatic carbocycles. The lowest BCUT2D eigenvalue weighted by Crippen LogP contribution is -2.47. The third kappa shape index (κ3) is 2.43. The van der Waals surface area contributed by atoms with Gasteiger partial charge in [0.15, 0.2) is 0 Å². The molecule has 2 heteroatoms. The van der Waals surface area contributed by atoms with E-state index < -0.39 is 0 Å². The first kappa shape index (κ1) is 12.4. The van der Waals surface area contributed by atoms with Gasteiger partial charge in [-0.05, 0) is 51.1 Å². The Morgan fingerprint density at radius 1 is 1.00 bits per heavy atom. The predicted octanol–water partition coefficient (Wildman–Crippen LogP) is 2.62. The minimum atomic E-state index is 0.763. The minimum Gasteiger partial charge on any atom is -0.330 e. The van der Waals surface area contributed by atoms with E-state index in [0.29, 0.717) is 0 Å². The Morgan fingerprint density at radius 2 is 1.69 bits per heavy atom. The third-order valence-corrected chi connectivity index (χ3v) is 5.03. The lowest BCUT2D eigenvalue weighted by Gasteiger charge is -2.41. The molecule has 2 N–H and O–H groups in total. The molecule has 0 heterocycles. The van der Waals surface area contributed by atoms with Gasteiger partial charge in [-0.25, -0.2) is 0 Å². The summed E-state index contributed by atoms with van der Waals surface area (Å²) in [7, 11) is 2.35. The van der Waals surface area contributed by atoms with Crippen LogP contribution in [0.15, 0.2) is 0 Å². The van der Waals surface area contributed by atoms with Gasteiger partial charge in [0.05, 0.1) is 0 Å². The van der Waals surface area contributed by atoms with Gasteiger partial charge in [0, 0.05) is 12.1 Å². The fraction of sp³-hybridized carbons (Fsp3) is 1.00. The molecule has 2 aliphatic rings. The van der Waals surface area contributed by atoms with Gasteiger partial charge < -0.3 is 5.73 Å². The van der Waals surface area contributed by atoms with Gasteiger partial charge in [-0.1, -0.05) is 26.2 Å². The maximum atomic E-state index is 5.90. The van der Waals surface area contributed by atoms with Crippen molar-refractivity contribution < 1.29 is 0 Å². The van der Waals surface area contributed by atoms with Gasteiger partial charge in [0.25, 0.3) is 0 Å². The van der Waals surface area contributed by atoms with Gasteiger partial charge in [-0.15, -0.1) is 0 Å². The van der Waals surface area contributed by atoms with E-state index in [1.165, 1.54) is 44.9 Å². The van der Waals surface area contributed by atoms with Crippen LogP contribution < -0.4 is 5.73 Å². The third-order valence-electron chi connectivity index (χ3n) is 5.03. The molecular weight excluding hydrogens is 196 g/mol. The summed E-state index contributed by atoms with van der Waals surface area (Å²) in [6, 6.07) is 1.60. The van der Waals surface area contributed by atoms with Crippen LogP contribution in [0.4, 0.5) is 0 Å². The number of nitrogens with zero attached hydrogens (tertiary/aromatic N) is 1. The Morgan fingerprint density at radius 3 is 2.38 bits per heavy atom. The number of rotatable bonds is 3. The topological polar surface area (TPSA) is 29.3 Å². The van der Waals surface area contributed by atoms with Gasteiger partial charge >= 0.3 is 0 Å². The molecule has 0 aromatic heterocycles.